The number of ether oxygens (including phenoxy) is 1. The minimum absolute atomic E-state index is 0.0239. The van der Waals surface area contributed by atoms with Crippen LogP contribution in [0, 0.1) is 5.82 Å². The summed E-state index contributed by atoms with van der Waals surface area (Å²) in [6.07, 6.45) is 3.38. The van der Waals surface area contributed by atoms with Crippen molar-refractivity contribution >= 4 is 28.9 Å². The Morgan fingerprint density at radius 2 is 2.17 bits per heavy atom. The van der Waals surface area contributed by atoms with Crippen LogP contribution in [0.25, 0.3) is 22.1 Å². The Morgan fingerprint density at radius 3 is 2.93 bits per heavy atom. The zero-order chi connectivity index (χ0) is 20.9. The smallest absolute Gasteiger partial charge is 0.255 e. The molecule has 0 saturated carbocycles. The zero-order valence-corrected chi connectivity index (χ0v) is 17.2. The van der Waals surface area contributed by atoms with Crippen LogP contribution in [-0.2, 0) is 9.53 Å². The number of anilines is 2. The Morgan fingerprint density at radius 1 is 1.30 bits per heavy atom. The van der Waals surface area contributed by atoms with Gasteiger partial charge < -0.3 is 14.5 Å². The van der Waals surface area contributed by atoms with Crippen LogP contribution in [0.2, 0.25) is 0 Å². The summed E-state index contributed by atoms with van der Waals surface area (Å²) in [4.78, 5) is 30.8. The van der Waals surface area contributed by atoms with E-state index in [1.807, 2.05) is 11.8 Å². The molecule has 1 amide bonds. The van der Waals surface area contributed by atoms with E-state index >= 15 is 0 Å². The van der Waals surface area contributed by atoms with Gasteiger partial charge >= 0.3 is 0 Å². The van der Waals surface area contributed by atoms with Crippen LogP contribution in [0.3, 0.4) is 0 Å². The number of amides is 1. The second kappa shape index (κ2) is 7.03. The standard InChI is InChI=1S/C19H18FN7O2S/c1-3-19-10-29-7-6-27(19)17-13(26(2)18(19)28)9-22-16(23-17)15-14(24-25-30-15)12-5-4-11(20)8-21-12/h4-5,8-9H,3,6-7,10H2,1-2H3. The van der Waals surface area contributed by atoms with Crippen LogP contribution in [-0.4, -0.2) is 62.8 Å². The third kappa shape index (κ3) is 2.69. The second-order valence-electron chi connectivity index (χ2n) is 7.17. The predicted octanol–water partition coefficient (Wildman–Crippen LogP) is 2.16. The van der Waals surface area contributed by atoms with Crippen LogP contribution >= 0.6 is 11.5 Å². The number of hydrogen-bond donors (Lipinski definition) is 0. The van der Waals surface area contributed by atoms with E-state index in [-0.39, 0.29) is 5.91 Å². The van der Waals surface area contributed by atoms with Gasteiger partial charge in [0, 0.05) is 13.6 Å². The van der Waals surface area contributed by atoms with Gasteiger partial charge in [0.05, 0.1) is 31.3 Å². The van der Waals surface area contributed by atoms with E-state index in [1.165, 1.54) is 6.07 Å². The van der Waals surface area contributed by atoms with Gasteiger partial charge in [-0.2, -0.15) is 0 Å². The van der Waals surface area contributed by atoms with Crippen molar-refractivity contribution in [3.8, 4) is 22.1 Å². The van der Waals surface area contributed by atoms with Crippen LogP contribution in [0.1, 0.15) is 13.3 Å². The van der Waals surface area contributed by atoms with E-state index in [2.05, 4.69) is 19.6 Å². The highest BCUT2D eigenvalue weighted by atomic mass is 32.1. The summed E-state index contributed by atoms with van der Waals surface area (Å²) in [5.41, 5.74) is 0.847. The second-order valence-corrected chi connectivity index (χ2v) is 7.92. The van der Waals surface area contributed by atoms with Gasteiger partial charge in [-0.1, -0.05) is 11.4 Å². The highest BCUT2D eigenvalue weighted by molar-refractivity contribution is 7.09. The molecule has 3 aromatic heterocycles. The summed E-state index contributed by atoms with van der Waals surface area (Å²) in [7, 11) is 1.73. The van der Waals surface area contributed by atoms with Crippen molar-refractivity contribution < 1.29 is 13.9 Å². The number of carbonyl (C=O) groups is 1. The molecule has 0 spiro atoms. The Bertz CT molecular complexity index is 1120. The van der Waals surface area contributed by atoms with Gasteiger partial charge in [0.25, 0.3) is 5.91 Å². The quantitative estimate of drug-likeness (QED) is 0.627. The van der Waals surface area contributed by atoms with E-state index in [0.717, 1.165) is 17.7 Å². The molecule has 1 fully saturated rings. The number of halogens is 1. The molecule has 0 radical (unpaired) electrons. The van der Waals surface area contributed by atoms with Gasteiger partial charge in [-0.25, -0.2) is 14.4 Å². The SMILES string of the molecule is CCC12COCCN1c1nc(-c3snnc3-c3ccc(F)cn3)ncc1N(C)C2=O. The molecule has 5 heterocycles. The number of nitrogens with zero attached hydrogens (tertiary/aromatic N) is 7. The molecule has 2 aliphatic rings. The third-order valence-electron chi connectivity index (χ3n) is 5.63. The number of aromatic nitrogens is 5. The molecule has 0 aromatic carbocycles. The van der Waals surface area contributed by atoms with Gasteiger partial charge in [0.1, 0.15) is 27.6 Å². The predicted molar refractivity (Wildman–Crippen MR) is 109 cm³/mol. The maximum Gasteiger partial charge on any atom is 0.255 e. The monoisotopic (exact) mass is 427 g/mol. The maximum atomic E-state index is 13.3. The van der Waals surface area contributed by atoms with Crippen LogP contribution < -0.4 is 9.80 Å². The average molecular weight is 427 g/mol. The van der Waals surface area contributed by atoms with E-state index < -0.39 is 11.4 Å². The first-order valence-electron chi connectivity index (χ1n) is 9.50. The molecule has 1 atom stereocenters. The molecule has 2 aliphatic heterocycles. The van der Waals surface area contributed by atoms with Gasteiger partial charge in [-0.05, 0) is 30.1 Å². The molecule has 5 rings (SSSR count). The van der Waals surface area contributed by atoms with E-state index in [9.17, 15) is 9.18 Å². The minimum atomic E-state index is -0.779. The highest BCUT2D eigenvalue weighted by Crippen LogP contribution is 2.42. The number of pyridine rings is 1. The molecule has 11 heteroatoms. The molecular weight excluding hydrogens is 409 g/mol. The summed E-state index contributed by atoms with van der Waals surface area (Å²) in [5.74, 6) is 0.663. The fourth-order valence-corrected chi connectivity index (χ4v) is 4.59. The van der Waals surface area contributed by atoms with E-state index in [1.54, 1.807) is 24.2 Å². The fraction of sp³-hybridized carbons (Fsp3) is 0.368. The number of morpholine rings is 1. The van der Waals surface area contributed by atoms with Crippen LogP contribution in [0.5, 0.6) is 0 Å². The molecule has 1 saturated heterocycles. The van der Waals surface area contributed by atoms with E-state index in [0.29, 0.717) is 59.8 Å². The van der Waals surface area contributed by atoms with Gasteiger partial charge in [-0.15, -0.1) is 5.10 Å². The van der Waals surface area contributed by atoms with Crippen molar-refractivity contribution in [2.45, 2.75) is 18.9 Å². The van der Waals surface area contributed by atoms with Gasteiger partial charge in [0.15, 0.2) is 11.6 Å². The highest BCUT2D eigenvalue weighted by Gasteiger charge is 2.52. The number of fused-ring (bicyclic) bond motifs is 3. The topological polar surface area (TPSA) is 97.2 Å². The van der Waals surface area contributed by atoms with Crippen molar-refractivity contribution in [3.63, 3.8) is 0 Å². The molecule has 154 valence electrons. The number of hydrogen-bond acceptors (Lipinski definition) is 9. The molecule has 3 aromatic rings. The molecule has 0 N–H and O–H groups in total. The lowest BCUT2D eigenvalue weighted by Crippen LogP contribution is -2.68. The molecule has 0 bridgehead atoms. The Hall–Kier alpha value is -3.05. The normalized spacial score (nSPS) is 20.8. The summed E-state index contributed by atoms with van der Waals surface area (Å²) in [5, 5.41) is 4.15. The number of likely N-dealkylation sites (N-methyl/N-ethyl adjacent to an activating group) is 1. The summed E-state index contributed by atoms with van der Waals surface area (Å²) in [6.45, 7) is 3.37. The maximum absolute atomic E-state index is 13.3. The molecule has 9 nitrogen and oxygen atoms in total. The Balaban J connectivity index is 1.63. The van der Waals surface area contributed by atoms with Crippen molar-refractivity contribution in [2.75, 3.05) is 36.6 Å². The van der Waals surface area contributed by atoms with E-state index in [4.69, 9.17) is 9.72 Å². The molecule has 1 unspecified atom stereocenters. The van der Waals surface area contributed by atoms with Crippen molar-refractivity contribution in [2.24, 2.45) is 0 Å². The van der Waals surface area contributed by atoms with Crippen LogP contribution in [0.15, 0.2) is 24.5 Å². The Kier molecular flexibility index (Phi) is 4.44. The lowest BCUT2D eigenvalue weighted by atomic mass is 9.89. The summed E-state index contributed by atoms with van der Waals surface area (Å²) < 4.78 is 23.0. The van der Waals surface area contributed by atoms with Gasteiger partial charge in [-0.3, -0.25) is 9.78 Å². The average Bonchev–Trinajstić information content (AvgIpc) is 3.27. The van der Waals surface area contributed by atoms with Crippen LogP contribution in [0.4, 0.5) is 15.9 Å². The largest absolute Gasteiger partial charge is 0.377 e. The lowest BCUT2D eigenvalue weighted by molar-refractivity contribution is -0.128. The number of carbonyl (C=O) groups excluding carboxylic acids is 1. The molecule has 30 heavy (non-hydrogen) atoms. The van der Waals surface area contributed by atoms with Crippen molar-refractivity contribution in [1.82, 2.24) is 24.5 Å². The summed E-state index contributed by atoms with van der Waals surface area (Å²) in [6, 6.07) is 2.87. The van der Waals surface area contributed by atoms with Gasteiger partial charge in [0.2, 0.25) is 0 Å². The first kappa shape index (κ1) is 18.9. The first-order valence-corrected chi connectivity index (χ1v) is 10.3. The zero-order valence-electron chi connectivity index (χ0n) is 16.4. The Labute approximate surface area is 175 Å². The van der Waals surface area contributed by atoms with Crippen molar-refractivity contribution in [3.05, 3.63) is 30.3 Å². The fourth-order valence-electron chi connectivity index (χ4n) is 3.97. The lowest BCUT2D eigenvalue weighted by Gasteiger charge is -2.51. The number of rotatable bonds is 3. The minimum Gasteiger partial charge on any atom is -0.377 e. The van der Waals surface area contributed by atoms with Crippen molar-refractivity contribution in [1.29, 1.82) is 0 Å². The molecular formula is C19H18FN7O2S. The first-order chi connectivity index (χ1) is 14.5. The summed E-state index contributed by atoms with van der Waals surface area (Å²) >= 11 is 1.14. The molecule has 0 aliphatic carbocycles. The third-order valence-corrected chi connectivity index (χ3v) is 6.35.